The molecule has 0 bridgehead atoms. The van der Waals surface area contributed by atoms with E-state index in [1.807, 2.05) is 0 Å². The lowest BCUT2D eigenvalue weighted by Gasteiger charge is -2.26. The number of benzene rings is 1. The van der Waals surface area contributed by atoms with Crippen molar-refractivity contribution in [2.75, 3.05) is 26.2 Å². The van der Waals surface area contributed by atoms with E-state index < -0.39 is 5.97 Å². The molecule has 1 saturated heterocycles. The van der Waals surface area contributed by atoms with Crippen LogP contribution < -0.4 is 4.74 Å². The summed E-state index contributed by atoms with van der Waals surface area (Å²) in [6, 6.07) is 3.44. The zero-order valence-corrected chi connectivity index (χ0v) is 14.6. The number of aliphatic carboxylic acids is 1. The fourth-order valence-corrected chi connectivity index (χ4v) is 3.43. The van der Waals surface area contributed by atoms with Crippen molar-refractivity contribution in [1.29, 1.82) is 0 Å². The predicted molar refractivity (Wildman–Crippen MR) is 91.6 cm³/mol. The molecule has 1 aliphatic heterocycles. The molecule has 0 aromatic heterocycles. The molecule has 0 atom stereocenters. The Kier molecular flexibility index (Phi) is 6.73. The molecule has 0 aliphatic carbocycles. The van der Waals surface area contributed by atoms with E-state index in [0.717, 1.165) is 30.2 Å². The molecule has 22 heavy (non-hydrogen) atoms. The van der Waals surface area contributed by atoms with Crippen molar-refractivity contribution < 1.29 is 14.6 Å². The third-order valence-corrected chi connectivity index (χ3v) is 4.35. The van der Waals surface area contributed by atoms with Crippen molar-refractivity contribution in [3.63, 3.8) is 0 Å². The van der Waals surface area contributed by atoms with Crippen LogP contribution in [-0.2, 0) is 4.79 Å². The highest BCUT2D eigenvalue weighted by atomic mass is 79.9. The van der Waals surface area contributed by atoms with Crippen molar-refractivity contribution >= 4 is 39.6 Å². The summed E-state index contributed by atoms with van der Waals surface area (Å²) in [5.41, 5.74) is 0.653. The third kappa shape index (κ3) is 5.30. The van der Waals surface area contributed by atoms with Gasteiger partial charge in [-0.2, -0.15) is 0 Å². The molecule has 0 unspecified atom stereocenters. The second kappa shape index (κ2) is 8.56. The van der Waals surface area contributed by atoms with Crippen molar-refractivity contribution in [1.82, 2.24) is 4.90 Å². The number of piperidine rings is 1. The molecular formula is C16H19BrClNO3. The first-order valence-electron chi connectivity index (χ1n) is 7.31. The Morgan fingerprint density at radius 3 is 2.77 bits per heavy atom. The number of ether oxygens (including phenoxy) is 1. The van der Waals surface area contributed by atoms with Gasteiger partial charge in [0.25, 0.3) is 0 Å². The molecule has 1 heterocycles. The molecule has 120 valence electrons. The van der Waals surface area contributed by atoms with E-state index >= 15 is 0 Å². The minimum Gasteiger partial charge on any atom is -0.490 e. The summed E-state index contributed by atoms with van der Waals surface area (Å²) < 4.78 is 6.59. The molecule has 1 aromatic rings. The van der Waals surface area contributed by atoms with Crippen LogP contribution in [0, 0.1) is 0 Å². The Balaban J connectivity index is 2.03. The van der Waals surface area contributed by atoms with Gasteiger partial charge in [0.2, 0.25) is 0 Å². The number of carbonyl (C=O) groups is 1. The molecule has 0 amide bonds. The number of carboxylic acid groups (broad SMARTS) is 1. The van der Waals surface area contributed by atoms with Crippen molar-refractivity contribution in [2.45, 2.75) is 19.3 Å². The standard InChI is InChI=1S/C16H19BrClNO3/c17-14-11-13(18)10-12(4-5-15(20)21)16(14)22-9-8-19-6-2-1-3-7-19/h4-5,10-11H,1-3,6-9H2,(H,20,21). The van der Waals surface area contributed by atoms with Gasteiger partial charge in [-0.15, -0.1) is 0 Å². The summed E-state index contributed by atoms with van der Waals surface area (Å²) in [6.45, 7) is 3.68. The maximum Gasteiger partial charge on any atom is 0.328 e. The van der Waals surface area contributed by atoms with Gasteiger partial charge < -0.3 is 9.84 Å². The molecule has 4 nitrogen and oxygen atoms in total. The zero-order chi connectivity index (χ0) is 15.9. The fourth-order valence-electron chi connectivity index (χ4n) is 2.48. The second-order valence-corrected chi connectivity index (χ2v) is 6.52. The summed E-state index contributed by atoms with van der Waals surface area (Å²) in [5.74, 6) is -0.380. The Morgan fingerprint density at radius 2 is 2.09 bits per heavy atom. The van der Waals surface area contributed by atoms with E-state index in [1.54, 1.807) is 12.1 Å². The number of likely N-dealkylation sites (tertiary alicyclic amines) is 1. The Bertz CT molecular complexity index is 557. The topological polar surface area (TPSA) is 49.8 Å². The summed E-state index contributed by atoms with van der Waals surface area (Å²) in [4.78, 5) is 13.1. The van der Waals surface area contributed by atoms with E-state index in [2.05, 4.69) is 20.8 Å². The minimum atomic E-state index is -1.00. The van der Waals surface area contributed by atoms with Crippen LogP contribution in [0.4, 0.5) is 0 Å². The predicted octanol–water partition coefficient (Wildman–Crippen LogP) is 4.07. The smallest absolute Gasteiger partial charge is 0.328 e. The average molecular weight is 389 g/mol. The molecule has 1 fully saturated rings. The lowest BCUT2D eigenvalue weighted by atomic mass is 10.1. The van der Waals surface area contributed by atoms with E-state index in [-0.39, 0.29) is 0 Å². The maximum atomic E-state index is 10.7. The van der Waals surface area contributed by atoms with Crippen LogP contribution in [-0.4, -0.2) is 42.2 Å². The van der Waals surface area contributed by atoms with Crippen LogP contribution in [0.5, 0.6) is 5.75 Å². The van der Waals surface area contributed by atoms with Gasteiger partial charge in [0.1, 0.15) is 12.4 Å². The van der Waals surface area contributed by atoms with Gasteiger partial charge in [0, 0.05) is 23.2 Å². The van der Waals surface area contributed by atoms with Crippen LogP contribution in [0.3, 0.4) is 0 Å². The first-order valence-corrected chi connectivity index (χ1v) is 8.48. The Labute approximate surface area is 143 Å². The van der Waals surface area contributed by atoms with Gasteiger partial charge in [-0.25, -0.2) is 4.79 Å². The third-order valence-electron chi connectivity index (χ3n) is 3.55. The largest absolute Gasteiger partial charge is 0.490 e. The highest BCUT2D eigenvalue weighted by Gasteiger charge is 2.12. The normalized spacial score (nSPS) is 16.1. The average Bonchev–Trinajstić information content (AvgIpc) is 2.48. The maximum absolute atomic E-state index is 10.7. The number of rotatable bonds is 6. The lowest BCUT2D eigenvalue weighted by Crippen LogP contribution is -2.33. The quantitative estimate of drug-likeness (QED) is 0.747. The van der Waals surface area contributed by atoms with Gasteiger partial charge in [-0.1, -0.05) is 18.0 Å². The molecule has 1 N–H and O–H groups in total. The summed E-state index contributed by atoms with van der Waals surface area (Å²) in [7, 11) is 0. The number of halogens is 2. The summed E-state index contributed by atoms with van der Waals surface area (Å²) >= 11 is 9.44. The lowest BCUT2D eigenvalue weighted by molar-refractivity contribution is -0.131. The Morgan fingerprint density at radius 1 is 1.36 bits per heavy atom. The first kappa shape index (κ1) is 17.3. The van der Waals surface area contributed by atoms with Crippen molar-refractivity contribution in [3.05, 3.63) is 33.3 Å². The second-order valence-electron chi connectivity index (χ2n) is 5.23. The number of nitrogens with zero attached hydrogens (tertiary/aromatic N) is 1. The van der Waals surface area contributed by atoms with Gasteiger partial charge in [0.15, 0.2) is 0 Å². The minimum absolute atomic E-state index is 0.528. The van der Waals surface area contributed by atoms with Gasteiger partial charge in [-0.3, -0.25) is 4.90 Å². The van der Waals surface area contributed by atoms with Gasteiger partial charge in [0.05, 0.1) is 4.47 Å². The molecule has 2 rings (SSSR count). The molecule has 1 aromatic carbocycles. The number of carboxylic acids is 1. The summed E-state index contributed by atoms with van der Waals surface area (Å²) in [6.07, 6.45) is 6.38. The SMILES string of the molecule is O=C(O)C=Cc1cc(Cl)cc(Br)c1OCCN1CCCCC1. The monoisotopic (exact) mass is 387 g/mol. The van der Waals surface area contributed by atoms with Crippen LogP contribution >= 0.6 is 27.5 Å². The van der Waals surface area contributed by atoms with E-state index in [4.69, 9.17) is 21.4 Å². The number of hydrogen-bond donors (Lipinski definition) is 1. The number of hydrogen-bond acceptors (Lipinski definition) is 3. The van der Waals surface area contributed by atoms with Crippen LogP contribution in [0.1, 0.15) is 24.8 Å². The van der Waals surface area contributed by atoms with Crippen molar-refractivity contribution in [3.8, 4) is 5.75 Å². The van der Waals surface area contributed by atoms with E-state index in [9.17, 15) is 4.79 Å². The first-order chi connectivity index (χ1) is 10.6. The molecule has 0 radical (unpaired) electrons. The zero-order valence-electron chi connectivity index (χ0n) is 12.2. The molecule has 1 aliphatic rings. The molecular weight excluding hydrogens is 370 g/mol. The van der Waals surface area contributed by atoms with Crippen molar-refractivity contribution in [2.24, 2.45) is 0 Å². The van der Waals surface area contributed by atoms with E-state index in [0.29, 0.717) is 22.9 Å². The fraction of sp³-hybridized carbons (Fsp3) is 0.438. The van der Waals surface area contributed by atoms with Crippen LogP contribution in [0.2, 0.25) is 5.02 Å². The molecule has 0 spiro atoms. The van der Waals surface area contributed by atoms with Crippen LogP contribution in [0.15, 0.2) is 22.7 Å². The Hall–Kier alpha value is -1.04. The van der Waals surface area contributed by atoms with Gasteiger partial charge in [-0.05, 0) is 60.1 Å². The molecule has 6 heteroatoms. The molecule has 0 saturated carbocycles. The van der Waals surface area contributed by atoms with E-state index in [1.165, 1.54) is 25.3 Å². The highest BCUT2D eigenvalue weighted by Crippen LogP contribution is 2.33. The summed E-state index contributed by atoms with van der Waals surface area (Å²) in [5, 5.41) is 9.30. The highest BCUT2D eigenvalue weighted by molar-refractivity contribution is 9.10. The van der Waals surface area contributed by atoms with Gasteiger partial charge >= 0.3 is 5.97 Å². The van der Waals surface area contributed by atoms with Crippen LogP contribution in [0.25, 0.3) is 6.08 Å².